The molecular weight excluding hydrogens is 242 g/mol. The first-order valence-corrected chi connectivity index (χ1v) is 6.31. The van der Waals surface area contributed by atoms with Crippen molar-refractivity contribution in [3.05, 3.63) is 35.9 Å². The van der Waals surface area contributed by atoms with Crippen LogP contribution in [0.15, 0.2) is 35.3 Å². The molecule has 1 saturated heterocycles. The van der Waals surface area contributed by atoms with Gasteiger partial charge in [0.2, 0.25) is 0 Å². The molecule has 5 nitrogen and oxygen atoms in total. The number of carbonyl (C=O) groups excluding carboxylic acids is 1. The summed E-state index contributed by atoms with van der Waals surface area (Å²) in [5.41, 5.74) is 0.471. The molecule has 2 rings (SSSR count). The molecule has 0 aliphatic carbocycles. The Balaban J connectivity index is 2.03. The molecule has 5 heteroatoms. The van der Waals surface area contributed by atoms with Crippen LogP contribution in [-0.4, -0.2) is 37.7 Å². The SMILES string of the molecule is COCCN=C1NC(=O)C(C)(Cc2ccccc2)N1. The number of methoxy groups -OCH3 is 1. The van der Waals surface area contributed by atoms with Crippen molar-refractivity contribution in [1.82, 2.24) is 10.6 Å². The normalized spacial score (nSPS) is 24.3. The van der Waals surface area contributed by atoms with E-state index in [-0.39, 0.29) is 5.91 Å². The average Bonchev–Trinajstić information content (AvgIpc) is 2.66. The van der Waals surface area contributed by atoms with E-state index < -0.39 is 5.54 Å². The number of benzene rings is 1. The lowest BCUT2D eigenvalue weighted by molar-refractivity contribution is -0.123. The summed E-state index contributed by atoms with van der Waals surface area (Å²) in [6.45, 7) is 2.95. The van der Waals surface area contributed by atoms with Gasteiger partial charge < -0.3 is 10.1 Å². The molecule has 102 valence electrons. The van der Waals surface area contributed by atoms with Crippen molar-refractivity contribution < 1.29 is 9.53 Å². The number of hydrogen-bond acceptors (Lipinski definition) is 3. The van der Waals surface area contributed by atoms with Crippen LogP contribution in [0, 0.1) is 0 Å². The van der Waals surface area contributed by atoms with Crippen molar-refractivity contribution in [2.45, 2.75) is 18.9 Å². The molecule has 1 unspecified atom stereocenters. The molecule has 1 heterocycles. The van der Waals surface area contributed by atoms with Gasteiger partial charge in [0.15, 0.2) is 5.96 Å². The molecule has 2 N–H and O–H groups in total. The molecule has 1 aromatic rings. The molecule has 1 aliphatic heterocycles. The van der Waals surface area contributed by atoms with E-state index in [2.05, 4.69) is 15.6 Å². The number of amides is 1. The summed E-state index contributed by atoms with van der Waals surface area (Å²) < 4.78 is 4.93. The predicted octanol–water partition coefficient (Wildman–Crippen LogP) is 0.710. The lowest BCUT2D eigenvalue weighted by Crippen LogP contribution is -2.45. The quantitative estimate of drug-likeness (QED) is 0.767. The number of nitrogens with zero attached hydrogens (tertiary/aromatic N) is 1. The minimum atomic E-state index is -0.646. The predicted molar refractivity (Wildman–Crippen MR) is 74.0 cm³/mol. The van der Waals surface area contributed by atoms with Crippen molar-refractivity contribution in [1.29, 1.82) is 0 Å². The Labute approximate surface area is 113 Å². The van der Waals surface area contributed by atoms with Crippen LogP contribution in [0.25, 0.3) is 0 Å². The maximum Gasteiger partial charge on any atom is 0.252 e. The van der Waals surface area contributed by atoms with Gasteiger partial charge in [-0.3, -0.25) is 15.1 Å². The van der Waals surface area contributed by atoms with Gasteiger partial charge in [-0.15, -0.1) is 0 Å². The van der Waals surface area contributed by atoms with E-state index in [1.165, 1.54) is 0 Å². The smallest absolute Gasteiger partial charge is 0.252 e. The fourth-order valence-corrected chi connectivity index (χ4v) is 2.05. The Morgan fingerprint density at radius 2 is 2.05 bits per heavy atom. The zero-order valence-corrected chi connectivity index (χ0v) is 11.3. The molecule has 1 fully saturated rings. The molecule has 0 bridgehead atoms. The molecule has 0 aromatic heterocycles. The first kappa shape index (κ1) is 13.5. The minimum Gasteiger partial charge on any atom is -0.383 e. The van der Waals surface area contributed by atoms with E-state index in [9.17, 15) is 4.79 Å². The van der Waals surface area contributed by atoms with Crippen molar-refractivity contribution in [3.8, 4) is 0 Å². The fourth-order valence-electron chi connectivity index (χ4n) is 2.05. The number of nitrogens with one attached hydrogen (secondary N) is 2. The lowest BCUT2D eigenvalue weighted by atomic mass is 9.93. The second kappa shape index (κ2) is 5.84. The number of aliphatic imine (C=N–C) groups is 1. The maximum absolute atomic E-state index is 12.1. The van der Waals surface area contributed by atoms with Crippen LogP contribution in [0.1, 0.15) is 12.5 Å². The third-order valence-corrected chi connectivity index (χ3v) is 3.09. The van der Waals surface area contributed by atoms with Crippen LogP contribution < -0.4 is 10.6 Å². The summed E-state index contributed by atoms with van der Waals surface area (Å²) in [5, 5.41) is 5.93. The highest BCUT2D eigenvalue weighted by Gasteiger charge is 2.40. The first-order chi connectivity index (χ1) is 9.14. The molecule has 0 saturated carbocycles. The highest BCUT2D eigenvalue weighted by atomic mass is 16.5. The van der Waals surface area contributed by atoms with Gasteiger partial charge in [-0.2, -0.15) is 0 Å². The van der Waals surface area contributed by atoms with Gasteiger partial charge in [-0.25, -0.2) is 0 Å². The summed E-state index contributed by atoms with van der Waals surface area (Å²) in [6, 6.07) is 9.93. The zero-order valence-electron chi connectivity index (χ0n) is 11.3. The highest BCUT2D eigenvalue weighted by molar-refractivity contribution is 6.08. The third-order valence-electron chi connectivity index (χ3n) is 3.09. The molecule has 1 aromatic carbocycles. The van der Waals surface area contributed by atoms with Gasteiger partial charge in [0.1, 0.15) is 5.54 Å². The van der Waals surface area contributed by atoms with Gasteiger partial charge in [0, 0.05) is 13.5 Å². The summed E-state index contributed by atoms with van der Waals surface area (Å²) in [5.74, 6) is 0.480. The number of ether oxygens (including phenoxy) is 1. The number of rotatable bonds is 5. The number of carbonyl (C=O) groups is 1. The van der Waals surface area contributed by atoms with Crippen molar-refractivity contribution in [2.75, 3.05) is 20.3 Å². The van der Waals surface area contributed by atoms with Crippen molar-refractivity contribution in [3.63, 3.8) is 0 Å². The maximum atomic E-state index is 12.1. The molecule has 19 heavy (non-hydrogen) atoms. The second-order valence-electron chi connectivity index (χ2n) is 4.80. The van der Waals surface area contributed by atoms with E-state index in [1.807, 2.05) is 37.3 Å². The monoisotopic (exact) mass is 261 g/mol. The minimum absolute atomic E-state index is 0.0486. The van der Waals surface area contributed by atoms with Gasteiger partial charge in [-0.05, 0) is 12.5 Å². The molecule has 0 radical (unpaired) electrons. The van der Waals surface area contributed by atoms with Crippen LogP contribution in [0.3, 0.4) is 0 Å². The molecule has 1 aliphatic rings. The Bertz CT molecular complexity index is 473. The Morgan fingerprint density at radius 3 is 2.74 bits per heavy atom. The van der Waals surface area contributed by atoms with Crippen molar-refractivity contribution in [2.24, 2.45) is 4.99 Å². The van der Waals surface area contributed by atoms with Gasteiger partial charge in [0.25, 0.3) is 5.91 Å². The van der Waals surface area contributed by atoms with Gasteiger partial charge in [-0.1, -0.05) is 30.3 Å². The number of hydrogen-bond donors (Lipinski definition) is 2. The van der Waals surface area contributed by atoms with Crippen LogP contribution in [0.5, 0.6) is 0 Å². The highest BCUT2D eigenvalue weighted by Crippen LogP contribution is 2.16. The first-order valence-electron chi connectivity index (χ1n) is 6.31. The number of guanidine groups is 1. The van der Waals surface area contributed by atoms with E-state index in [0.717, 1.165) is 5.56 Å². The van der Waals surface area contributed by atoms with E-state index in [0.29, 0.717) is 25.5 Å². The van der Waals surface area contributed by atoms with Crippen molar-refractivity contribution >= 4 is 11.9 Å². The van der Waals surface area contributed by atoms with Crippen LogP contribution >= 0.6 is 0 Å². The third kappa shape index (κ3) is 3.32. The summed E-state index contributed by atoms with van der Waals surface area (Å²) in [7, 11) is 1.63. The topological polar surface area (TPSA) is 62.7 Å². The Morgan fingerprint density at radius 1 is 1.32 bits per heavy atom. The molecular formula is C14H19N3O2. The van der Waals surface area contributed by atoms with E-state index in [1.54, 1.807) is 7.11 Å². The Kier molecular flexibility index (Phi) is 4.16. The second-order valence-corrected chi connectivity index (χ2v) is 4.80. The van der Waals surface area contributed by atoms with Crippen LogP contribution in [0.4, 0.5) is 0 Å². The molecule has 0 spiro atoms. The molecule has 1 amide bonds. The van der Waals surface area contributed by atoms with E-state index >= 15 is 0 Å². The largest absolute Gasteiger partial charge is 0.383 e. The summed E-state index contributed by atoms with van der Waals surface area (Å²) in [6.07, 6.45) is 0.628. The summed E-state index contributed by atoms with van der Waals surface area (Å²) >= 11 is 0. The van der Waals surface area contributed by atoms with Crippen LogP contribution in [-0.2, 0) is 16.0 Å². The van der Waals surface area contributed by atoms with Gasteiger partial charge >= 0.3 is 0 Å². The standard InChI is InChI=1S/C14H19N3O2/c1-14(10-11-6-4-3-5-7-11)12(18)16-13(17-14)15-8-9-19-2/h3-7H,8-10H2,1-2H3,(H2,15,16,17,18). The summed E-state index contributed by atoms with van der Waals surface area (Å²) in [4.78, 5) is 16.3. The van der Waals surface area contributed by atoms with Gasteiger partial charge in [0.05, 0.1) is 13.2 Å². The average molecular weight is 261 g/mol. The molecule has 1 atom stereocenters. The zero-order chi connectivity index (χ0) is 13.7. The fraction of sp³-hybridized carbons (Fsp3) is 0.429. The van der Waals surface area contributed by atoms with E-state index in [4.69, 9.17) is 4.74 Å². The Hall–Kier alpha value is -1.88. The van der Waals surface area contributed by atoms with Crippen LogP contribution in [0.2, 0.25) is 0 Å². The lowest BCUT2D eigenvalue weighted by Gasteiger charge is -2.21.